The van der Waals surface area contributed by atoms with Crippen LogP contribution < -0.4 is 19.5 Å². The molecule has 1 N–H and O–H groups in total. The van der Waals surface area contributed by atoms with Gasteiger partial charge in [-0.15, -0.1) is 10.2 Å². The molecule has 0 fully saturated rings. The Morgan fingerprint density at radius 3 is 2.38 bits per heavy atom. The Kier molecular flexibility index (Phi) is 8.81. The number of carbonyl (C=O) groups excluding carboxylic acids is 1. The van der Waals surface area contributed by atoms with Crippen LogP contribution in [0.2, 0.25) is 0 Å². The maximum Gasteiger partial charge on any atom is 0.234 e. The highest BCUT2D eigenvalue weighted by Gasteiger charge is 2.21. The summed E-state index contributed by atoms with van der Waals surface area (Å²) in [4.78, 5) is 12.7. The molecule has 182 valence electrons. The number of methoxy groups -OCH3 is 2. The van der Waals surface area contributed by atoms with E-state index in [2.05, 4.69) is 29.4 Å². The van der Waals surface area contributed by atoms with Crippen molar-refractivity contribution >= 4 is 23.4 Å². The molecule has 0 bridgehead atoms. The minimum absolute atomic E-state index is 0.142. The van der Waals surface area contributed by atoms with Gasteiger partial charge in [-0.2, -0.15) is 0 Å². The Morgan fingerprint density at radius 2 is 1.74 bits per heavy atom. The highest BCUT2D eigenvalue weighted by molar-refractivity contribution is 7.99. The summed E-state index contributed by atoms with van der Waals surface area (Å²) < 4.78 is 18.7. The summed E-state index contributed by atoms with van der Waals surface area (Å²) in [5.74, 6) is 3.24. The molecule has 0 spiro atoms. The van der Waals surface area contributed by atoms with Gasteiger partial charge in [0.2, 0.25) is 5.91 Å². The van der Waals surface area contributed by atoms with Crippen molar-refractivity contribution in [2.45, 2.75) is 45.5 Å². The highest BCUT2D eigenvalue weighted by Crippen LogP contribution is 2.28. The molecule has 1 aromatic heterocycles. The molecule has 1 atom stereocenters. The normalized spacial score (nSPS) is 11.9. The van der Waals surface area contributed by atoms with E-state index in [1.54, 1.807) is 14.2 Å². The van der Waals surface area contributed by atoms with E-state index in [9.17, 15) is 4.79 Å². The van der Waals surface area contributed by atoms with E-state index in [1.165, 1.54) is 11.8 Å². The molecule has 0 saturated heterocycles. The van der Waals surface area contributed by atoms with Crippen LogP contribution in [0.3, 0.4) is 0 Å². The topological polar surface area (TPSA) is 87.5 Å². The maximum atomic E-state index is 12.7. The lowest BCUT2D eigenvalue weighted by atomic mass is 10.2. The van der Waals surface area contributed by atoms with Gasteiger partial charge in [0.05, 0.1) is 25.7 Å². The first kappa shape index (κ1) is 25.4. The van der Waals surface area contributed by atoms with Crippen LogP contribution in [-0.4, -0.2) is 40.6 Å². The maximum absolute atomic E-state index is 12.7. The first-order chi connectivity index (χ1) is 16.3. The summed E-state index contributed by atoms with van der Waals surface area (Å²) in [6, 6.07) is 13.1. The SMILES string of the molecule is COc1ccc(OC(C)c2nnc(SCC(=O)Nc3cc(C)ccc3OC)n2CC(C)C)cc1. The van der Waals surface area contributed by atoms with Crippen LogP contribution in [0, 0.1) is 12.8 Å². The predicted octanol–water partition coefficient (Wildman–Crippen LogP) is 5.13. The number of aromatic nitrogens is 3. The van der Waals surface area contributed by atoms with E-state index in [0.29, 0.717) is 40.6 Å². The van der Waals surface area contributed by atoms with Gasteiger partial charge < -0.3 is 24.1 Å². The minimum atomic E-state index is -0.320. The summed E-state index contributed by atoms with van der Waals surface area (Å²) in [5.41, 5.74) is 1.69. The zero-order chi connectivity index (χ0) is 24.7. The fourth-order valence-corrected chi connectivity index (χ4v) is 4.15. The molecule has 0 aliphatic rings. The van der Waals surface area contributed by atoms with Crippen molar-refractivity contribution in [2.24, 2.45) is 5.92 Å². The number of benzene rings is 2. The van der Waals surface area contributed by atoms with E-state index in [1.807, 2.05) is 60.9 Å². The first-order valence-corrected chi connectivity index (χ1v) is 12.1. The van der Waals surface area contributed by atoms with Crippen molar-refractivity contribution in [2.75, 3.05) is 25.3 Å². The van der Waals surface area contributed by atoms with Crippen LogP contribution >= 0.6 is 11.8 Å². The number of amides is 1. The van der Waals surface area contributed by atoms with Crippen molar-refractivity contribution in [3.05, 3.63) is 53.9 Å². The second-order valence-corrected chi connectivity index (χ2v) is 9.26. The van der Waals surface area contributed by atoms with Gasteiger partial charge >= 0.3 is 0 Å². The zero-order valence-corrected chi connectivity index (χ0v) is 21.3. The molecule has 0 aliphatic heterocycles. The van der Waals surface area contributed by atoms with Crippen molar-refractivity contribution in [3.63, 3.8) is 0 Å². The second-order valence-electron chi connectivity index (χ2n) is 8.32. The number of aryl methyl sites for hydroxylation is 1. The van der Waals surface area contributed by atoms with Crippen LogP contribution in [0.15, 0.2) is 47.6 Å². The number of thioether (sulfide) groups is 1. The van der Waals surface area contributed by atoms with Crippen LogP contribution in [0.4, 0.5) is 5.69 Å². The molecule has 1 heterocycles. The summed E-state index contributed by atoms with van der Waals surface area (Å²) >= 11 is 1.35. The number of nitrogens with one attached hydrogen (secondary N) is 1. The van der Waals surface area contributed by atoms with Crippen LogP contribution in [0.5, 0.6) is 17.2 Å². The van der Waals surface area contributed by atoms with E-state index >= 15 is 0 Å². The largest absolute Gasteiger partial charge is 0.497 e. The average Bonchev–Trinajstić information content (AvgIpc) is 3.20. The quantitative estimate of drug-likeness (QED) is 0.378. The lowest BCUT2D eigenvalue weighted by molar-refractivity contribution is -0.113. The van der Waals surface area contributed by atoms with E-state index in [4.69, 9.17) is 14.2 Å². The molecule has 0 radical (unpaired) electrons. The monoisotopic (exact) mass is 484 g/mol. The molecular weight excluding hydrogens is 452 g/mol. The molecule has 1 amide bonds. The van der Waals surface area contributed by atoms with Crippen molar-refractivity contribution in [1.29, 1.82) is 0 Å². The van der Waals surface area contributed by atoms with E-state index in [0.717, 1.165) is 11.3 Å². The van der Waals surface area contributed by atoms with Gasteiger partial charge in [-0.1, -0.05) is 31.7 Å². The van der Waals surface area contributed by atoms with Crippen molar-refractivity contribution < 1.29 is 19.0 Å². The predicted molar refractivity (Wildman–Crippen MR) is 134 cm³/mol. The molecule has 9 heteroatoms. The van der Waals surface area contributed by atoms with Crippen LogP contribution in [0.1, 0.15) is 38.3 Å². The Hall–Kier alpha value is -3.20. The number of anilines is 1. The number of nitrogens with zero attached hydrogens (tertiary/aromatic N) is 3. The van der Waals surface area contributed by atoms with Gasteiger partial charge in [0, 0.05) is 6.54 Å². The molecular formula is C25H32N4O4S. The molecule has 3 aromatic rings. The molecule has 2 aromatic carbocycles. The second kappa shape index (κ2) is 11.8. The van der Waals surface area contributed by atoms with Gasteiger partial charge in [0.1, 0.15) is 17.2 Å². The molecule has 34 heavy (non-hydrogen) atoms. The lowest BCUT2D eigenvalue weighted by Gasteiger charge is -2.18. The Balaban J connectivity index is 1.70. The molecule has 1 unspecified atom stereocenters. The Labute approximate surface area is 205 Å². The standard InChI is InChI=1S/C25H32N4O4S/c1-16(2)14-29-24(18(4)33-20-10-8-19(31-5)9-11-20)27-28-25(29)34-15-23(30)26-21-13-17(3)7-12-22(21)32-6/h7-13,16,18H,14-15H2,1-6H3,(H,26,30). The number of hydrogen-bond acceptors (Lipinski definition) is 7. The number of rotatable bonds is 11. The fourth-order valence-electron chi connectivity index (χ4n) is 3.39. The third kappa shape index (κ3) is 6.66. The number of ether oxygens (including phenoxy) is 3. The number of carbonyl (C=O) groups is 1. The van der Waals surface area contributed by atoms with Crippen molar-refractivity contribution in [1.82, 2.24) is 14.8 Å². The van der Waals surface area contributed by atoms with Gasteiger partial charge in [0.15, 0.2) is 17.1 Å². The van der Waals surface area contributed by atoms with Gasteiger partial charge in [-0.3, -0.25) is 4.79 Å². The molecule has 0 saturated carbocycles. The summed E-state index contributed by atoms with van der Waals surface area (Å²) in [6.07, 6.45) is -0.320. The number of hydrogen-bond donors (Lipinski definition) is 1. The van der Waals surface area contributed by atoms with Gasteiger partial charge in [0.25, 0.3) is 0 Å². The first-order valence-electron chi connectivity index (χ1n) is 11.1. The summed E-state index contributed by atoms with van der Waals surface area (Å²) in [7, 11) is 3.21. The Bertz CT molecular complexity index is 1100. The molecule has 3 rings (SSSR count). The molecule has 0 aliphatic carbocycles. The fraction of sp³-hybridized carbons (Fsp3) is 0.400. The minimum Gasteiger partial charge on any atom is -0.497 e. The third-order valence-corrected chi connectivity index (χ3v) is 5.96. The highest BCUT2D eigenvalue weighted by atomic mass is 32.2. The third-order valence-electron chi connectivity index (χ3n) is 4.99. The Morgan fingerprint density at radius 1 is 1.03 bits per heavy atom. The van der Waals surface area contributed by atoms with Crippen molar-refractivity contribution in [3.8, 4) is 17.2 Å². The summed E-state index contributed by atoms with van der Waals surface area (Å²) in [6.45, 7) is 8.88. The van der Waals surface area contributed by atoms with E-state index < -0.39 is 0 Å². The average molecular weight is 485 g/mol. The van der Waals surface area contributed by atoms with Crippen LogP contribution in [0.25, 0.3) is 0 Å². The van der Waals surface area contributed by atoms with Gasteiger partial charge in [-0.05, 0) is 61.7 Å². The zero-order valence-electron chi connectivity index (χ0n) is 20.5. The van der Waals surface area contributed by atoms with E-state index in [-0.39, 0.29) is 17.8 Å². The van der Waals surface area contributed by atoms with Crippen LogP contribution in [-0.2, 0) is 11.3 Å². The molecule has 8 nitrogen and oxygen atoms in total. The smallest absolute Gasteiger partial charge is 0.234 e. The summed E-state index contributed by atoms with van der Waals surface area (Å²) in [5, 5.41) is 12.4. The van der Waals surface area contributed by atoms with Gasteiger partial charge in [-0.25, -0.2) is 0 Å². The lowest BCUT2D eigenvalue weighted by Crippen LogP contribution is -2.17.